The molecule has 3 aromatic heterocycles. The number of benzene rings is 1. The maximum absolute atomic E-state index is 12.4. The van der Waals surface area contributed by atoms with Crippen molar-refractivity contribution < 1.29 is 9.47 Å². The van der Waals surface area contributed by atoms with E-state index in [9.17, 15) is 4.79 Å². The van der Waals surface area contributed by atoms with Crippen LogP contribution in [-0.4, -0.2) is 42.7 Å². The van der Waals surface area contributed by atoms with E-state index in [1.807, 2.05) is 61.7 Å². The number of hydrogen-bond donors (Lipinski definition) is 0. The summed E-state index contributed by atoms with van der Waals surface area (Å²) in [6.07, 6.45) is 16.1. The zero-order valence-electron chi connectivity index (χ0n) is 21.3. The Labute approximate surface area is 221 Å². The highest BCUT2D eigenvalue weighted by Crippen LogP contribution is 2.09. The van der Waals surface area contributed by atoms with E-state index < -0.39 is 0 Å². The van der Waals surface area contributed by atoms with Gasteiger partial charge in [-0.1, -0.05) is 55.1 Å². The third-order valence-corrected chi connectivity index (χ3v) is 5.38. The maximum atomic E-state index is 12.4. The van der Waals surface area contributed by atoms with Gasteiger partial charge in [0.05, 0.1) is 51.2 Å². The molecule has 0 amide bonds. The lowest BCUT2D eigenvalue weighted by molar-refractivity contribution is 0.111. The third-order valence-electron chi connectivity index (χ3n) is 5.38. The smallest absolute Gasteiger partial charge is 0.203 e. The first-order chi connectivity index (χ1) is 18.6. The minimum absolute atomic E-state index is 0.143. The van der Waals surface area contributed by atoms with Crippen LogP contribution in [0.25, 0.3) is 11.8 Å². The van der Waals surface area contributed by atoms with Crippen LogP contribution in [0.15, 0.2) is 103 Å². The zero-order chi connectivity index (χ0) is 26.6. The van der Waals surface area contributed by atoms with E-state index >= 15 is 0 Å². The lowest BCUT2D eigenvalue weighted by Gasteiger charge is -2.06. The standard InChI is InChI=1S/C29H30N6O3/c1-3-38-26-19-30-29(31-20-26)12-8-7-9-23(2)17-27-28(36)13-14-35(33-27)25-18-32-34(21-25)15-16-37-22-24-10-5-4-6-11-24/h4-14,18-21H,2-3,15-17,22H2,1H3/b9-7-,12-8+. The molecule has 0 radical (unpaired) electrons. The highest BCUT2D eigenvalue weighted by Gasteiger charge is 2.07. The SMILES string of the molecule is C=C(/C=C\C=C\c1ncc(OCC)cn1)Cc1nn(-c2cnn(CCOCc3ccccc3)c2)ccc1=O. The molecule has 0 unspecified atom stereocenters. The lowest BCUT2D eigenvalue weighted by Crippen LogP contribution is -2.16. The van der Waals surface area contributed by atoms with Crippen molar-refractivity contribution in [2.24, 2.45) is 0 Å². The molecule has 1 aromatic carbocycles. The highest BCUT2D eigenvalue weighted by atomic mass is 16.5. The predicted octanol–water partition coefficient (Wildman–Crippen LogP) is 4.20. The lowest BCUT2D eigenvalue weighted by atomic mass is 10.1. The molecule has 0 bridgehead atoms. The van der Waals surface area contributed by atoms with Crippen LogP contribution in [0.5, 0.6) is 5.75 Å². The van der Waals surface area contributed by atoms with Gasteiger partial charge in [0.15, 0.2) is 11.6 Å². The summed E-state index contributed by atoms with van der Waals surface area (Å²) in [6, 6.07) is 11.5. The summed E-state index contributed by atoms with van der Waals surface area (Å²) >= 11 is 0. The van der Waals surface area contributed by atoms with Gasteiger partial charge in [-0.05, 0) is 24.1 Å². The largest absolute Gasteiger partial charge is 0.491 e. The molecule has 0 spiro atoms. The summed E-state index contributed by atoms with van der Waals surface area (Å²) in [6.45, 7) is 8.23. The fourth-order valence-corrected chi connectivity index (χ4v) is 3.49. The number of hydrogen-bond acceptors (Lipinski definition) is 7. The molecule has 3 heterocycles. The summed E-state index contributed by atoms with van der Waals surface area (Å²) in [5.41, 5.74) is 2.90. The summed E-state index contributed by atoms with van der Waals surface area (Å²) in [5.74, 6) is 1.20. The number of rotatable bonds is 13. The van der Waals surface area contributed by atoms with Crippen molar-refractivity contribution in [3.8, 4) is 11.4 Å². The third kappa shape index (κ3) is 7.94. The van der Waals surface area contributed by atoms with Crippen LogP contribution < -0.4 is 10.2 Å². The molecule has 9 heteroatoms. The van der Waals surface area contributed by atoms with Crippen molar-refractivity contribution in [1.82, 2.24) is 29.5 Å². The maximum Gasteiger partial charge on any atom is 0.203 e. The van der Waals surface area contributed by atoms with E-state index in [-0.39, 0.29) is 5.43 Å². The van der Waals surface area contributed by atoms with Gasteiger partial charge in [-0.15, -0.1) is 0 Å². The second-order valence-electron chi connectivity index (χ2n) is 8.33. The molecule has 0 N–H and O–H groups in total. The van der Waals surface area contributed by atoms with Crippen LogP contribution in [0.1, 0.15) is 24.0 Å². The quantitative estimate of drug-likeness (QED) is 0.196. The van der Waals surface area contributed by atoms with Gasteiger partial charge in [-0.2, -0.15) is 10.2 Å². The Kier molecular flexibility index (Phi) is 9.47. The minimum Gasteiger partial charge on any atom is -0.491 e. The van der Waals surface area contributed by atoms with Gasteiger partial charge in [0.2, 0.25) is 5.43 Å². The Hall–Kier alpha value is -4.63. The van der Waals surface area contributed by atoms with Crippen molar-refractivity contribution in [2.75, 3.05) is 13.2 Å². The summed E-state index contributed by atoms with van der Waals surface area (Å²) in [7, 11) is 0. The van der Waals surface area contributed by atoms with E-state index in [2.05, 4.69) is 26.7 Å². The second kappa shape index (κ2) is 13.6. The Morgan fingerprint density at radius 3 is 2.68 bits per heavy atom. The first kappa shape index (κ1) is 26.4. The molecule has 0 saturated heterocycles. The highest BCUT2D eigenvalue weighted by molar-refractivity contribution is 5.43. The average molecular weight is 511 g/mol. The van der Waals surface area contributed by atoms with Gasteiger partial charge in [0.25, 0.3) is 0 Å². The van der Waals surface area contributed by atoms with Gasteiger partial charge in [0, 0.05) is 18.7 Å². The molecule has 0 aliphatic heterocycles. The van der Waals surface area contributed by atoms with Gasteiger partial charge in [-0.3, -0.25) is 9.48 Å². The van der Waals surface area contributed by atoms with Crippen molar-refractivity contribution >= 4 is 6.08 Å². The molecule has 194 valence electrons. The van der Waals surface area contributed by atoms with Gasteiger partial charge in [0.1, 0.15) is 11.4 Å². The molecule has 0 atom stereocenters. The summed E-state index contributed by atoms with van der Waals surface area (Å²) < 4.78 is 14.5. The topological polar surface area (TPSA) is 97.0 Å². The number of ether oxygens (including phenoxy) is 2. The predicted molar refractivity (Wildman–Crippen MR) is 146 cm³/mol. The Morgan fingerprint density at radius 2 is 1.89 bits per heavy atom. The Balaban J connectivity index is 1.29. The van der Waals surface area contributed by atoms with Gasteiger partial charge >= 0.3 is 0 Å². The number of nitrogens with zero attached hydrogens (tertiary/aromatic N) is 6. The first-order valence-electron chi connectivity index (χ1n) is 12.3. The normalized spacial score (nSPS) is 11.4. The monoisotopic (exact) mass is 510 g/mol. The summed E-state index contributed by atoms with van der Waals surface area (Å²) in [5, 5.41) is 8.89. The molecule has 4 aromatic rings. The molecule has 0 saturated carbocycles. The van der Waals surface area contributed by atoms with E-state index in [1.54, 1.807) is 40.2 Å². The van der Waals surface area contributed by atoms with Crippen LogP contribution in [-0.2, 0) is 24.3 Å². The summed E-state index contributed by atoms with van der Waals surface area (Å²) in [4.78, 5) is 20.8. The van der Waals surface area contributed by atoms with E-state index in [0.717, 1.165) is 16.8 Å². The number of aromatic nitrogens is 6. The number of allylic oxidation sites excluding steroid dienone is 4. The van der Waals surface area contributed by atoms with Gasteiger partial charge < -0.3 is 9.47 Å². The second-order valence-corrected chi connectivity index (χ2v) is 8.33. The van der Waals surface area contributed by atoms with Crippen LogP contribution in [0.2, 0.25) is 0 Å². The Morgan fingerprint density at radius 1 is 1.08 bits per heavy atom. The van der Waals surface area contributed by atoms with Crippen LogP contribution in [0, 0.1) is 0 Å². The molecule has 4 rings (SSSR count). The van der Waals surface area contributed by atoms with E-state index in [0.29, 0.717) is 50.1 Å². The zero-order valence-corrected chi connectivity index (χ0v) is 21.3. The molecule has 9 nitrogen and oxygen atoms in total. The molecule has 0 fully saturated rings. The van der Waals surface area contributed by atoms with Crippen molar-refractivity contribution in [2.45, 2.75) is 26.5 Å². The van der Waals surface area contributed by atoms with Crippen LogP contribution in [0.3, 0.4) is 0 Å². The minimum atomic E-state index is -0.143. The molecule has 0 aliphatic carbocycles. The molecular weight excluding hydrogens is 480 g/mol. The molecular formula is C29H30N6O3. The van der Waals surface area contributed by atoms with Crippen molar-refractivity contribution in [3.63, 3.8) is 0 Å². The van der Waals surface area contributed by atoms with E-state index in [1.165, 1.54) is 6.07 Å². The fourth-order valence-electron chi connectivity index (χ4n) is 3.49. The van der Waals surface area contributed by atoms with Crippen LogP contribution in [0.4, 0.5) is 0 Å². The first-order valence-corrected chi connectivity index (χ1v) is 12.3. The Bertz CT molecular complexity index is 1440. The average Bonchev–Trinajstić information content (AvgIpc) is 3.41. The fraction of sp³-hybridized carbons (Fsp3) is 0.207. The van der Waals surface area contributed by atoms with E-state index in [4.69, 9.17) is 9.47 Å². The van der Waals surface area contributed by atoms with Gasteiger partial charge in [-0.25, -0.2) is 14.6 Å². The molecule has 38 heavy (non-hydrogen) atoms. The van der Waals surface area contributed by atoms with Crippen molar-refractivity contribution in [3.05, 3.63) is 125 Å². The van der Waals surface area contributed by atoms with Crippen LogP contribution >= 0.6 is 0 Å². The molecule has 0 aliphatic rings. The van der Waals surface area contributed by atoms with Crippen molar-refractivity contribution in [1.29, 1.82) is 0 Å².